The molecule has 0 aromatic heterocycles. The molecule has 9 nitrogen and oxygen atoms in total. The molecule has 0 radical (unpaired) electrons. The van der Waals surface area contributed by atoms with Crippen LogP contribution in [0.5, 0.6) is 5.75 Å². The fraction of sp³-hybridized carbons (Fsp3) is 0.600. The summed E-state index contributed by atoms with van der Waals surface area (Å²) in [5.74, 6) is 0.754. The monoisotopic (exact) mass is 407 g/mol. The molecule has 1 aromatic carbocycles. The second kappa shape index (κ2) is 8.36. The summed E-state index contributed by atoms with van der Waals surface area (Å²) < 4.78 is 21.7. The SMILES string of the molecule is COC1CN(c2ccc3c(c2)OC[C@H](OC(N)=O)C3)CC1NC(=O)OC(C)(C)C. The first kappa shape index (κ1) is 21.0. The normalized spacial score (nSPS) is 23.7. The summed E-state index contributed by atoms with van der Waals surface area (Å²) in [6.07, 6.45) is -1.24. The Balaban J connectivity index is 1.65. The zero-order valence-corrected chi connectivity index (χ0v) is 17.3. The predicted molar refractivity (Wildman–Crippen MR) is 106 cm³/mol. The number of hydrogen-bond acceptors (Lipinski definition) is 7. The highest BCUT2D eigenvalue weighted by Gasteiger charge is 2.35. The van der Waals surface area contributed by atoms with Gasteiger partial charge in [-0.05, 0) is 32.4 Å². The topological polar surface area (TPSA) is 112 Å². The van der Waals surface area contributed by atoms with Gasteiger partial charge in [-0.1, -0.05) is 6.07 Å². The van der Waals surface area contributed by atoms with E-state index in [1.165, 1.54) is 0 Å². The number of primary amides is 1. The second-order valence-corrected chi connectivity index (χ2v) is 8.30. The smallest absolute Gasteiger partial charge is 0.408 e. The van der Waals surface area contributed by atoms with E-state index in [9.17, 15) is 9.59 Å². The van der Waals surface area contributed by atoms with E-state index < -0.39 is 17.8 Å². The van der Waals surface area contributed by atoms with Gasteiger partial charge in [0.25, 0.3) is 0 Å². The van der Waals surface area contributed by atoms with E-state index in [2.05, 4.69) is 10.2 Å². The van der Waals surface area contributed by atoms with Gasteiger partial charge in [-0.25, -0.2) is 9.59 Å². The first-order valence-electron chi connectivity index (χ1n) is 9.63. The Morgan fingerprint density at radius 2 is 2.03 bits per heavy atom. The number of hydrogen-bond donors (Lipinski definition) is 2. The molecule has 9 heteroatoms. The van der Waals surface area contributed by atoms with E-state index in [1.807, 2.05) is 39.0 Å². The third kappa shape index (κ3) is 5.44. The molecule has 2 aliphatic rings. The number of methoxy groups -OCH3 is 1. The molecule has 2 heterocycles. The van der Waals surface area contributed by atoms with Gasteiger partial charge in [0.15, 0.2) is 0 Å². The number of carbonyl (C=O) groups is 2. The van der Waals surface area contributed by atoms with Crippen molar-refractivity contribution in [2.75, 3.05) is 31.7 Å². The van der Waals surface area contributed by atoms with Gasteiger partial charge in [0.2, 0.25) is 0 Å². The number of amides is 2. The zero-order valence-electron chi connectivity index (χ0n) is 17.3. The molecule has 1 fully saturated rings. The molecule has 3 N–H and O–H groups in total. The summed E-state index contributed by atoms with van der Waals surface area (Å²) >= 11 is 0. The van der Waals surface area contributed by atoms with Gasteiger partial charge in [0, 0.05) is 38.4 Å². The highest BCUT2D eigenvalue weighted by atomic mass is 16.6. The van der Waals surface area contributed by atoms with Gasteiger partial charge < -0.3 is 34.9 Å². The minimum atomic E-state index is -0.801. The molecule has 0 spiro atoms. The highest BCUT2D eigenvalue weighted by Crippen LogP contribution is 2.32. The molecule has 3 atom stereocenters. The molecular weight excluding hydrogens is 378 g/mol. The number of rotatable bonds is 4. The Labute approximate surface area is 170 Å². The van der Waals surface area contributed by atoms with Crippen LogP contribution in [0.2, 0.25) is 0 Å². The molecule has 160 valence electrons. The maximum atomic E-state index is 12.1. The summed E-state index contributed by atoms with van der Waals surface area (Å²) in [6.45, 7) is 6.96. The minimum Gasteiger partial charge on any atom is -0.489 e. The van der Waals surface area contributed by atoms with Crippen LogP contribution < -0.4 is 20.7 Å². The van der Waals surface area contributed by atoms with Crippen LogP contribution in [0.15, 0.2) is 18.2 Å². The van der Waals surface area contributed by atoms with Crippen LogP contribution in [0, 0.1) is 0 Å². The van der Waals surface area contributed by atoms with Crippen LogP contribution in [0.25, 0.3) is 0 Å². The van der Waals surface area contributed by atoms with Gasteiger partial charge in [-0.15, -0.1) is 0 Å². The van der Waals surface area contributed by atoms with Crippen molar-refractivity contribution in [2.45, 2.75) is 51.0 Å². The molecule has 2 unspecified atom stereocenters. The van der Waals surface area contributed by atoms with E-state index in [0.717, 1.165) is 17.0 Å². The molecular formula is C20H29N3O6. The number of benzene rings is 1. The number of nitrogens with one attached hydrogen (secondary N) is 1. The lowest BCUT2D eigenvalue weighted by Crippen LogP contribution is -2.45. The molecule has 3 rings (SSSR count). The van der Waals surface area contributed by atoms with Crippen molar-refractivity contribution in [2.24, 2.45) is 5.73 Å². The van der Waals surface area contributed by atoms with E-state index in [1.54, 1.807) is 7.11 Å². The second-order valence-electron chi connectivity index (χ2n) is 8.30. The lowest BCUT2D eigenvalue weighted by Gasteiger charge is -2.27. The first-order valence-corrected chi connectivity index (χ1v) is 9.63. The Bertz CT molecular complexity index is 763. The van der Waals surface area contributed by atoms with Crippen molar-refractivity contribution < 1.29 is 28.5 Å². The number of nitrogens with two attached hydrogens (primary N) is 1. The Morgan fingerprint density at radius 3 is 2.69 bits per heavy atom. The van der Waals surface area contributed by atoms with Gasteiger partial charge in [0.05, 0.1) is 12.1 Å². The molecule has 1 aromatic rings. The number of anilines is 1. The summed E-state index contributed by atoms with van der Waals surface area (Å²) in [6, 6.07) is 5.70. The lowest BCUT2D eigenvalue weighted by atomic mass is 10.0. The Hall–Kier alpha value is -2.68. The van der Waals surface area contributed by atoms with Crippen molar-refractivity contribution in [1.29, 1.82) is 0 Å². The van der Waals surface area contributed by atoms with Crippen LogP contribution in [0.4, 0.5) is 15.3 Å². The third-order valence-corrected chi connectivity index (χ3v) is 4.84. The van der Waals surface area contributed by atoms with Crippen LogP contribution in [-0.4, -0.2) is 62.8 Å². The largest absolute Gasteiger partial charge is 0.489 e. The van der Waals surface area contributed by atoms with E-state index in [-0.39, 0.29) is 24.9 Å². The number of nitrogens with zero attached hydrogens (tertiary/aromatic N) is 1. The van der Waals surface area contributed by atoms with Crippen molar-refractivity contribution in [1.82, 2.24) is 5.32 Å². The van der Waals surface area contributed by atoms with Crippen LogP contribution >= 0.6 is 0 Å². The summed E-state index contributed by atoms with van der Waals surface area (Å²) in [4.78, 5) is 25.2. The molecule has 0 aliphatic carbocycles. The van der Waals surface area contributed by atoms with Crippen molar-refractivity contribution in [3.05, 3.63) is 23.8 Å². The zero-order chi connectivity index (χ0) is 21.2. The Kier molecular flexibility index (Phi) is 6.07. The van der Waals surface area contributed by atoms with Crippen molar-refractivity contribution in [3.63, 3.8) is 0 Å². The summed E-state index contributed by atoms with van der Waals surface area (Å²) in [7, 11) is 1.63. The predicted octanol–water partition coefficient (Wildman–Crippen LogP) is 1.81. The highest BCUT2D eigenvalue weighted by molar-refractivity contribution is 5.69. The number of fused-ring (bicyclic) bond motifs is 1. The quantitative estimate of drug-likeness (QED) is 0.783. The fourth-order valence-corrected chi connectivity index (χ4v) is 3.59. The van der Waals surface area contributed by atoms with Gasteiger partial charge in [-0.2, -0.15) is 0 Å². The fourth-order valence-electron chi connectivity index (χ4n) is 3.59. The molecule has 29 heavy (non-hydrogen) atoms. The lowest BCUT2D eigenvalue weighted by molar-refractivity contribution is 0.0417. The summed E-state index contributed by atoms with van der Waals surface area (Å²) in [5, 5.41) is 2.90. The Morgan fingerprint density at radius 1 is 1.28 bits per heavy atom. The maximum Gasteiger partial charge on any atom is 0.408 e. The number of alkyl carbamates (subject to hydrolysis) is 1. The van der Waals surface area contributed by atoms with Crippen LogP contribution in [0.3, 0.4) is 0 Å². The third-order valence-electron chi connectivity index (χ3n) is 4.84. The van der Waals surface area contributed by atoms with Crippen molar-refractivity contribution in [3.8, 4) is 5.75 Å². The van der Waals surface area contributed by atoms with Gasteiger partial charge in [0.1, 0.15) is 24.1 Å². The average Bonchev–Trinajstić information content (AvgIpc) is 3.01. The maximum absolute atomic E-state index is 12.1. The molecule has 2 amide bonds. The van der Waals surface area contributed by atoms with Crippen molar-refractivity contribution >= 4 is 17.9 Å². The van der Waals surface area contributed by atoms with E-state index in [4.69, 9.17) is 24.7 Å². The molecule has 0 bridgehead atoms. The molecule has 0 saturated carbocycles. The van der Waals surface area contributed by atoms with Crippen LogP contribution in [0.1, 0.15) is 26.3 Å². The van der Waals surface area contributed by atoms with E-state index in [0.29, 0.717) is 19.5 Å². The standard InChI is InChI=1S/C20H29N3O6/c1-20(2,3)29-19(25)22-15-9-23(10-17(15)26-4)13-6-5-12-7-14(28-18(21)24)11-27-16(12)8-13/h5-6,8,14-15,17H,7,9-11H2,1-4H3,(H2,21,24)(H,22,25)/t14-,15?,17?/m1/s1. The average molecular weight is 407 g/mol. The van der Waals surface area contributed by atoms with Gasteiger partial charge in [-0.3, -0.25) is 0 Å². The minimum absolute atomic E-state index is 0.159. The summed E-state index contributed by atoms with van der Waals surface area (Å²) in [5.41, 5.74) is 6.45. The first-order chi connectivity index (χ1) is 13.6. The van der Waals surface area contributed by atoms with E-state index >= 15 is 0 Å². The van der Waals surface area contributed by atoms with Gasteiger partial charge >= 0.3 is 12.2 Å². The number of ether oxygens (including phenoxy) is 4. The molecule has 2 aliphatic heterocycles. The number of carbonyl (C=O) groups excluding carboxylic acids is 2. The van der Waals surface area contributed by atoms with Crippen LogP contribution in [-0.2, 0) is 20.6 Å². The molecule has 1 saturated heterocycles.